The van der Waals surface area contributed by atoms with Gasteiger partial charge in [-0.15, -0.1) is 0 Å². The summed E-state index contributed by atoms with van der Waals surface area (Å²) in [7, 11) is 0. The SMILES string of the molecule is CC(=O)O/C=C\C[C@H](O)c1ccccc1. The molecule has 0 heterocycles. The van der Waals surface area contributed by atoms with E-state index in [4.69, 9.17) is 0 Å². The fourth-order valence-electron chi connectivity index (χ4n) is 1.14. The minimum absolute atomic E-state index is 0.361. The Morgan fingerprint density at radius 1 is 1.47 bits per heavy atom. The molecule has 1 aromatic rings. The molecule has 0 aliphatic rings. The van der Waals surface area contributed by atoms with Gasteiger partial charge < -0.3 is 9.84 Å². The summed E-state index contributed by atoms with van der Waals surface area (Å²) in [6.07, 6.45) is 2.79. The predicted molar refractivity (Wildman–Crippen MR) is 56.9 cm³/mol. The Balaban J connectivity index is 2.40. The van der Waals surface area contributed by atoms with Crippen LogP contribution in [0.15, 0.2) is 42.7 Å². The summed E-state index contributed by atoms with van der Waals surface area (Å²) in [5.74, 6) is -0.361. The first-order chi connectivity index (χ1) is 7.20. The third kappa shape index (κ3) is 4.42. The molecule has 80 valence electrons. The van der Waals surface area contributed by atoms with Crippen LogP contribution in [0.1, 0.15) is 25.0 Å². The van der Waals surface area contributed by atoms with Crippen molar-refractivity contribution in [2.75, 3.05) is 0 Å². The van der Waals surface area contributed by atoms with Gasteiger partial charge in [0.2, 0.25) is 0 Å². The van der Waals surface area contributed by atoms with Crippen molar-refractivity contribution in [2.24, 2.45) is 0 Å². The summed E-state index contributed by atoms with van der Waals surface area (Å²) in [4.78, 5) is 10.4. The highest BCUT2D eigenvalue weighted by Crippen LogP contribution is 2.15. The molecule has 0 aromatic heterocycles. The van der Waals surface area contributed by atoms with Crippen molar-refractivity contribution < 1.29 is 14.6 Å². The quantitative estimate of drug-likeness (QED) is 0.606. The van der Waals surface area contributed by atoms with Crippen molar-refractivity contribution in [1.29, 1.82) is 0 Å². The molecule has 0 aliphatic carbocycles. The van der Waals surface area contributed by atoms with Crippen LogP contribution in [0.25, 0.3) is 0 Å². The van der Waals surface area contributed by atoms with Crippen LogP contribution in [0, 0.1) is 0 Å². The smallest absolute Gasteiger partial charge is 0.307 e. The number of carbonyl (C=O) groups is 1. The Kier molecular flexibility index (Phi) is 4.57. The molecule has 1 N–H and O–H groups in total. The molecule has 3 nitrogen and oxygen atoms in total. The number of hydrogen-bond acceptors (Lipinski definition) is 3. The van der Waals surface area contributed by atoms with Gasteiger partial charge in [0, 0.05) is 6.92 Å². The van der Waals surface area contributed by atoms with Crippen LogP contribution in [0.4, 0.5) is 0 Å². The second-order valence-electron chi connectivity index (χ2n) is 3.14. The van der Waals surface area contributed by atoms with E-state index in [2.05, 4.69) is 4.74 Å². The first kappa shape index (κ1) is 11.5. The van der Waals surface area contributed by atoms with Gasteiger partial charge in [0.05, 0.1) is 12.4 Å². The lowest BCUT2D eigenvalue weighted by molar-refractivity contribution is -0.135. The van der Waals surface area contributed by atoms with Crippen LogP contribution in [0.3, 0.4) is 0 Å². The second kappa shape index (κ2) is 5.98. The molecule has 3 heteroatoms. The third-order valence-electron chi connectivity index (χ3n) is 1.87. The number of hydrogen-bond donors (Lipinski definition) is 1. The van der Waals surface area contributed by atoms with Crippen LogP contribution in [0.2, 0.25) is 0 Å². The van der Waals surface area contributed by atoms with Crippen molar-refractivity contribution >= 4 is 5.97 Å². The van der Waals surface area contributed by atoms with Gasteiger partial charge in [-0.1, -0.05) is 30.3 Å². The van der Waals surface area contributed by atoms with E-state index in [-0.39, 0.29) is 5.97 Å². The van der Waals surface area contributed by atoms with E-state index in [1.165, 1.54) is 13.2 Å². The Hall–Kier alpha value is -1.61. The minimum atomic E-state index is -0.557. The van der Waals surface area contributed by atoms with E-state index in [1.54, 1.807) is 6.08 Å². The molecular formula is C12H14O3. The zero-order chi connectivity index (χ0) is 11.1. The van der Waals surface area contributed by atoms with E-state index in [1.807, 2.05) is 30.3 Å². The molecule has 15 heavy (non-hydrogen) atoms. The first-order valence-electron chi connectivity index (χ1n) is 4.75. The lowest BCUT2D eigenvalue weighted by atomic mass is 10.1. The molecule has 0 aliphatic heterocycles. The van der Waals surface area contributed by atoms with Gasteiger partial charge in [0.1, 0.15) is 0 Å². The zero-order valence-electron chi connectivity index (χ0n) is 8.59. The number of rotatable bonds is 4. The largest absolute Gasteiger partial charge is 0.435 e. The summed E-state index contributed by atoms with van der Waals surface area (Å²) >= 11 is 0. The van der Waals surface area contributed by atoms with Gasteiger partial charge in [0.15, 0.2) is 0 Å². The average molecular weight is 206 g/mol. The van der Waals surface area contributed by atoms with Gasteiger partial charge in [0.25, 0.3) is 0 Å². The van der Waals surface area contributed by atoms with Crippen molar-refractivity contribution in [3.8, 4) is 0 Å². The standard InChI is InChI=1S/C12H14O3/c1-10(13)15-9-5-8-12(14)11-6-3-2-4-7-11/h2-7,9,12,14H,8H2,1H3/b9-5-/t12-/m0/s1. The second-order valence-corrected chi connectivity index (χ2v) is 3.14. The number of carbonyl (C=O) groups excluding carboxylic acids is 1. The fraction of sp³-hybridized carbons (Fsp3) is 0.250. The van der Waals surface area contributed by atoms with Crippen molar-refractivity contribution in [2.45, 2.75) is 19.4 Å². The number of aliphatic hydroxyl groups excluding tert-OH is 1. The number of aliphatic hydroxyl groups is 1. The highest BCUT2D eigenvalue weighted by molar-refractivity contribution is 5.66. The maximum atomic E-state index is 10.4. The van der Waals surface area contributed by atoms with E-state index in [0.717, 1.165) is 5.56 Å². The van der Waals surface area contributed by atoms with E-state index < -0.39 is 6.10 Å². The third-order valence-corrected chi connectivity index (χ3v) is 1.87. The van der Waals surface area contributed by atoms with Crippen molar-refractivity contribution in [3.63, 3.8) is 0 Å². The van der Waals surface area contributed by atoms with Crippen LogP contribution < -0.4 is 0 Å². The first-order valence-corrected chi connectivity index (χ1v) is 4.75. The Bertz CT molecular complexity index is 330. The van der Waals surface area contributed by atoms with Gasteiger partial charge >= 0.3 is 5.97 Å². The Morgan fingerprint density at radius 2 is 2.13 bits per heavy atom. The maximum Gasteiger partial charge on any atom is 0.307 e. The molecule has 1 aromatic carbocycles. The topological polar surface area (TPSA) is 46.5 Å². The minimum Gasteiger partial charge on any atom is -0.435 e. The maximum absolute atomic E-state index is 10.4. The van der Waals surface area contributed by atoms with Crippen molar-refractivity contribution in [3.05, 3.63) is 48.2 Å². The molecule has 0 amide bonds. The van der Waals surface area contributed by atoms with Crippen LogP contribution in [-0.2, 0) is 9.53 Å². The van der Waals surface area contributed by atoms with Gasteiger partial charge in [-0.2, -0.15) is 0 Å². The molecule has 0 saturated heterocycles. The van der Waals surface area contributed by atoms with Crippen molar-refractivity contribution in [1.82, 2.24) is 0 Å². The molecule has 1 atom stereocenters. The van der Waals surface area contributed by atoms with E-state index in [9.17, 15) is 9.90 Å². The van der Waals surface area contributed by atoms with E-state index >= 15 is 0 Å². The van der Waals surface area contributed by atoms with Gasteiger partial charge in [-0.05, 0) is 18.1 Å². The summed E-state index contributed by atoms with van der Waals surface area (Å²) in [5.41, 5.74) is 0.852. The molecule has 0 unspecified atom stereocenters. The lowest BCUT2D eigenvalue weighted by Gasteiger charge is -2.07. The van der Waals surface area contributed by atoms with Crippen LogP contribution in [-0.4, -0.2) is 11.1 Å². The number of benzene rings is 1. The normalized spacial score (nSPS) is 12.7. The molecular weight excluding hydrogens is 192 g/mol. The molecule has 0 bridgehead atoms. The average Bonchev–Trinajstić information content (AvgIpc) is 2.25. The molecule has 0 saturated carbocycles. The van der Waals surface area contributed by atoms with Gasteiger partial charge in [-0.3, -0.25) is 4.79 Å². The summed E-state index contributed by atoms with van der Waals surface area (Å²) in [5, 5.41) is 9.69. The molecule has 1 rings (SSSR count). The molecule has 0 radical (unpaired) electrons. The van der Waals surface area contributed by atoms with Crippen LogP contribution >= 0.6 is 0 Å². The predicted octanol–water partition coefficient (Wildman–Crippen LogP) is 2.19. The van der Waals surface area contributed by atoms with E-state index in [0.29, 0.717) is 6.42 Å². The van der Waals surface area contributed by atoms with Crippen LogP contribution in [0.5, 0.6) is 0 Å². The monoisotopic (exact) mass is 206 g/mol. The lowest BCUT2D eigenvalue weighted by Crippen LogP contribution is -1.95. The summed E-state index contributed by atoms with van der Waals surface area (Å²) in [6, 6.07) is 9.34. The fourth-order valence-corrected chi connectivity index (χ4v) is 1.14. The highest BCUT2D eigenvalue weighted by atomic mass is 16.5. The number of ether oxygens (including phenoxy) is 1. The highest BCUT2D eigenvalue weighted by Gasteiger charge is 2.03. The summed E-state index contributed by atoms with van der Waals surface area (Å²) < 4.78 is 4.60. The molecule has 0 fully saturated rings. The zero-order valence-corrected chi connectivity index (χ0v) is 8.59. The Morgan fingerprint density at radius 3 is 2.73 bits per heavy atom. The number of esters is 1. The van der Waals surface area contributed by atoms with Gasteiger partial charge in [-0.25, -0.2) is 0 Å². The molecule has 0 spiro atoms. The Labute approximate surface area is 89.0 Å². The summed E-state index contributed by atoms with van der Waals surface area (Å²) in [6.45, 7) is 1.33.